The predicted molar refractivity (Wildman–Crippen MR) is 83.9 cm³/mol. The molecule has 102 valence electrons. The summed E-state index contributed by atoms with van der Waals surface area (Å²) >= 11 is 6.17. The minimum absolute atomic E-state index is 0.422. The zero-order valence-corrected chi connectivity index (χ0v) is 12.5. The van der Waals surface area contributed by atoms with Crippen molar-refractivity contribution in [2.75, 3.05) is 5.32 Å². The minimum Gasteiger partial charge on any atom is -0.381 e. The van der Waals surface area contributed by atoms with Crippen molar-refractivity contribution in [3.8, 4) is 0 Å². The van der Waals surface area contributed by atoms with Crippen LogP contribution in [-0.4, -0.2) is 11.0 Å². The summed E-state index contributed by atoms with van der Waals surface area (Å²) in [6.45, 7) is 6.71. The van der Waals surface area contributed by atoms with Crippen molar-refractivity contribution in [3.63, 3.8) is 0 Å². The predicted octanol–water partition coefficient (Wildman–Crippen LogP) is 5.12. The molecule has 2 rings (SSSR count). The van der Waals surface area contributed by atoms with Gasteiger partial charge in [0.15, 0.2) is 0 Å². The van der Waals surface area contributed by atoms with Crippen LogP contribution >= 0.6 is 11.6 Å². The number of hydrogen-bond acceptors (Lipinski definition) is 2. The van der Waals surface area contributed by atoms with Gasteiger partial charge in [0, 0.05) is 22.6 Å². The summed E-state index contributed by atoms with van der Waals surface area (Å²) in [5, 5.41) is 5.36. The number of nitrogens with zero attached hydrogens (tertiary/aromatic N) is 1. The SMILES string of the molecule is CC(C)CCC(C)Nc1cc(Cl)cc2cccnc12. The number of aromatic nitrogens is 1. The molecule has 0 saturated heterocycles. The maximum Gasteiger partial charge on any atom is 0.0934 e. The van der Waals surface area contributed by atoms with E-state index in [1.165, 1.54) is 6.42 Å². The molecule has 0 spiro atoms. The quantitative estimate of drug-likeness (QED) is 0.819. The lowest BCUT2D eigenvalue weighted by atomic mass is 10.0. The number of fused-ring (bicyclic) bond motifs is 1. The third-order valence-electron chi connectivity index (χ3n) is 3.25. The van der Waals surface area contributed by atoms with Crippen LogP contribution in [0.3, 0.4) is 0 Å². The molecule has 0 aliphatic heterocycles. The van der Waals surface area contributed by atoms with Gasteiger partial charge in [-0.3, -0.25) is 4.98 Å². The second kappa shape index (κ2) is 6.25. The van der Waals surface area contributed by atoms with Crippen LogP contribution in [0.15, 0.2) is 30.5 Å². The molecule has 1 aromatic heterocycles. The summed E-state index contributed by atoms with van der Waals surface area (Å²) < 4.78 is 0. The second-order valence-corrected chi connectivity index (χ2v) is 5.98. The van der Waals surface area contributed by atoms with Gasteiger partial charge in [-0.15, -0.1) is 0 Å². The van der Waals surface area contributed by atoms with Crippen molar-refractivity contribution in [2.45, 2.75) is 39.7 Å². The van der Waals surface area contributed by atoms with Gasteiger partial charge in [-0.05, 0) is 43.9 Å². The van der Waals surface area contributed by atoms with E-state index in [9.17, 15) is 0 Å². The first-order chi connectivity index (χ1) is 9.06. The Morgan fingerprint density at radius 2 is 2.00 bits per heavy atom. The highest BCUT2D eigenvalue weighted by Crippen LogP contribution is 2.27. The minimum atomic E-state index is 0.422. The Labute approximate surface area is 120 Å². The Morgan fingerprint density at radius 1 is 1.21 bits per heavy atom. The van der Waals surface area contributed by atoms with E-state index < -0.39 is 0 Å². The summed E-state index contributed by atoms with van der Waals surface area (Å²) in [6, 6.07) is 8.31. The maximum atomic E-state index is 6.17. The van der Waals surface area contributed by atoms with Gasteiger partial charge in [0.2, 0.25) is 0 Å². The molecule has 19 heavy (non-hydrogen) atoms. The number of hydrogen-bond donors (Lipinski definition) is 1. The van der Waals surface area contributed by atoms with E-state index in [-0.39, 0.29) is 0 Å². The van der Waals surface area contributed by atoms with Gasteiger partial charge in [-0.25, -0.2) is 0 Å². The Balaban J connectivity index is 2.20. The molecule has 3 heteroatoms. The average Bonchev–Trinajstić information content (AvgIpc) is 2.36. The van der Waals surface area contributed by atoms with Crippen LogP contribution in [0.2, 0.25) is 5.02 Å². The normalized spacial score (nSPS) is 12.9. The summed E-state index contributed by atoms with van der Waals surface area (Å²) in [4.78, 5) is 4.45. The molecule has 1 unspecified atom stereocenters. The molecule has 2 aromatic rings. The van der Waals surface area contributed by atoms with E-state index in [1.54, 1.807) is 0 Å². The number of benzene rings is 1. The molecule has 1 atom stereocenters. The van der Waals surface area contributed by atoms with Crippen LogP contribution in [0.1, 0.15) is 33.6 Å². The number of anilines is 1. The van der Waals surface area contributed by atoms with Crippen LogP contribution in [0, 0.1) is 5.92 Å². The van der Waals surface area contributed by atoms with Gasteiger partial charge >= 0.3 is 0 Å². The largest absolute Gasteiger partial charge is 0.381 e. The fraction of sp³-hybridized carbons (Fsp3) is 0.438. The molecule has 0 amide bonds. The van der Waals surface area contributed by atoms with Crippen LogP contribution < -0.4 is 5.32 Å². The fourth-order valence-corrected chi connectivity index (χ4v) is 2.41. The summed E-state index contributed by atoms with van der Waals surface area (Å²) in [6.07, 6.45) is 4.19. The lowest BCUT2D eigenvalue weighted by Gasteiger charge is -2.17. The smallest absolute Gasteiger partial charge is 0.0934 e. The number of halogens is 1. The van der Waals surface area contributed by atoms with E-state index in [0.717, 1.165) is 34.0 Å². The number of nitrogens with one attached hydrogen (secondary N) is 1. The lowest BCUT2D eigenvalue weighted by molar-refractivity contribution is 0.528. The standard InChI is InChI=1S/C16H21ClN2/c1-11(2)6-7-12(3)19-15-10-14(17)9-13-5-4-8-18-16(13)15/h4-5,8-12,19H,6-7H2,1-3H3. The Kier molecular flexibility index (Phi) is 4.65. The molecule has 0 bridgehead atoms. The Morgan fingerprint density at radius 3 is 2.74 bits per heavy atom. The summed E-state index contributed by atoms with van der Waals surface area (Å²) in [5.41, 5.74) is 2.02. The molecular formula is C16H21ClN2. The number of rotatable bonds is 5. The van der Waals surface area contributed by atoms with Gasteiger partial charge in [0.1, 0.15) is 0 Å². The van der Waals surface area contributed by atoms with Crippen molar-refractivity contribution < 1.29 is 0 Å². The monoisotopic (exact) mass is 276 g/mol. The van der Waals surface area contributed by atoms with Crippen molar-refractivity contribution in [1.29, 1.82) is 0 Å². The third-order valence-corrected chi connectivity index (χ3v) is 3.47. The van der Waals surface area contributed by atoms with Crippen LogP contribution in [0.5, 0.6) is 0 Å². The van der Waals surface area contributed by atoms with Gasteiger partial charge in [-0.1, -0.05) is 31.5 Å². The molecular weight excluding hydrogens is 256 g/mol. The van der Waals surface area contributed by atoms with E-state index in [2.05, 4.69) is 31.1 Å². The van der Waals surface area contributed by atoms with Crippen LogP contribution in [0.25, 0.3) is 10.9 Å². The van der Waals surface area contributed by atoms with Crippen LogP contribution in [-0.2, 0) is 0 Å². The van der Waals surface area contributed by atoms with Crippen molar-refractivity contribution in [3.05, 3.63) is 35.5 Å². The molecule has 1 heterocycles. The molecule has 1 N–H and O–H groups in total. The molecule has 0 saturated carbocycles. The average molecular weight is 277 g/mol. The lowest BCUT2D eigenvalue weighted by Crippen LogP contribution is -2.16. The van der Waals surface area contributed by atoms with Crippen molar-refractivity contribution in [1.82, 2.24) is 4.98 Å². The fourth-order valence-electron chi connectivity index (χ4n) is 2.19. The van der Waals surface area contributed by atoms with Crippen molar-refractivity contribution >= 4 is 28.2 Å². The topological polar surface area (TPSA) is 24.9 Å². The van der Waals surface area contributed by atoms with E-state index in [1.807, 2.05) is 30.5 Å². The Bertz CT molecular complexity index is 551. The van der Waals surface area contributed by atoms with E-state index >= 15 is 0 Å². The highest BCUT2D eigenvalue weighted by atomic mass is 35.5. The van der Waals surface area contributed by atoms with Gasteiger partial charge in [-0.2, -0.15) is 0 Å². The molecule has 0 aliphatic carbocycles. The molecule has 1 aromatic carbocycles. The first-order valence-electron chi connectivity index (χ1n) is 6.87. The summed E-state index contributed by atoms with van der Waals surface area (Å²) in [7, 11) is 0. The third kappa shape index (κ3) is 3.84. The molecule has 0 radical (unpaired) electrons. The van der Waals surface area contributed by atoms with Gasteiger partial charge in [0.25, 0.3) is 0 Å². The van der Waals surface area contributed by atoms with Gasteiger partial charge in [0.05, 0.1) is 11.2 Å². The molecule has 2 nitrogen and oxygen atoms in total. The first-order valence-corrected chi connectivity index (χ1v) is 7.25. The Hall–Kier alpha value is -1.28. The zero-order chi connectivity index (χ0) is 13.8. The van der Waals surface area contributed by atoms with Gasteiger partial charge < -0.3 is 5.32 Å². The first kappa shape index (κ1) is 14.1. The summed E-state index contributed by atoms with van der Waals surface area (Å²) in [5.74, 6) is 0.735. The van der Waals surface area contributed by atoms with E-state index in [0.29, 0.717) is 6.04 Å². The maximum absolute atomic E-state index is 6.17. The molecule has 0 aliphatic rings. The van der Waals surface area contributed by atoms with Crippen molar-refractivity contribution in [2.24, 2.45) is 5.92 Å². The number of pyridine rings is 1. The molecule has 0 fully saturated rings. The zero-order valence-electron chi connectivity index (χ0n) is 11.8. The highest BCUT2D eigenvalue weighted by molar-refractivity contribution is 6.31. The van der Waals surface area contributed by atoms with Crippen LogP contribution in [0.4, 0.5) is 5.69 Å². The second-order valence-electron chi connectivity index (χ2n) is 5.55. The highest BCUT2D eigenvalue weighted by Gasteiger charge is 2.08. The van der Waals surface area contributed by atoms with E-state index in [4.69, 9.17) is 11.6 Å².